The lowest BCUT2D eigenvalue weighted by Gasteiger charge is -2.28. The van der Waals surface area contributed by atoms with Gasteiger partial charge in [-0.05, 0) is 48.9 Å². The van der Waals surface area contributed by atoms with Gasteiger partial charge in [-0.25, -0.2) is 4.79 Å². The minimum absolute atomic E-state index is 0.284. The van der Waals surface area contributed by atoms with E-state index in [1.807, 2.05) is 24.3 Å². The first-order chi connectivity index (χ1) is 12.5. The van der Waals surface area contributed by atoms with Crippen LogP contribution in [-0.4, -0.2) is 19.0 Å². The summed E-state index contributed by atoms with van der Waals surface area (Å²) >= 11 is 3.39. The number of carbonyl (C=O) groups is 2. The zero-order chi connectivity index (χ0) is 18.7. The second kappa shape index (κ2) is 7.61. The van der Waals surface area contributed by atoms with E-state index in [4.69, 9.17) is 4.74 Å². The van der Waals surface area contributed by atoms with E-state index in [1.165, 1.54) is 0 Å². The van der Waals surface area contributed by atoms with Crippen LogP contribution in [0.5, 0.6) is 5.75 Å². The molecule has 1 aliphatic heterocycles. The Kier molecular flexibility index (Phi) is 5.27. The van der Waals surface area contributed by atoms with Gasteiger partial charge in [0, 0.05) is 15.9 Å². The van der Waals surface area contributed by atoms with Gasteiger partial charge in [0.2, 0.25) is 0 Å². The third-order valence-corrected chi connectivity index (χ3v) is 4.59. The van der Waals surface area contributed by atoms with Crippen LogP contribution in [0.15, 0.2) is 64.3 Å². The predicted octanol–water partition coefficient (Wildman–Crippen LogP) is 3.72. The van der Waals surface area contributed by atoms with Gasteiger partial charge in [0.25, 0.3) is 5.91 Å². The number of benzene rings is 2. The number of halogens is 1. The highest BCUT2D eigenvalue weighted by molar-refractivity contribution is 9.10. The molecule has 26 heavy (non-hydrogen) atoms. The van der Waals surface area contributed by atoms with Crippen molar-refractivity contribution in [2.75, 3.05) is 12.4 Å². The van der Waals surface area contributed by atoms with E-state index in [9.17, 15) is 9.59 Å². The number of rotatable bonds is 4. The number of allylic oxidation sites excluding steroid dienone is 1. The number of urea groups is 1. The molecule has 0 radical (unpaired) electrons. The van der Waals surface area contributed by atoms with Crippen molar-refractivity contribution in [1.29, 1.82) is 0 Å². The molecule has 134 valence electrons. The summed E-state index contributed by atoms with van der Waals surface area (Å²) in [5, 5.41) is 8.34. The molecule has 6 nitrogen and oxygen atoms in total. The minimum atomic E-state index is -0.532. The summed E-state index contributed by atoms with van der Waals surface area (Å²) < 4.78 is 6.04. The molecule has 1 atom stereocenters. The lowest BCUT2D eigenvalue weighted by Crippen LogP contribution is -2.45. The molecule has 0 aliphatic carbocycles. The maximum Gasteiger partial charge on any atom is 0.319 e. The van der Waals surface area contributed by atoms with Crippen LogP contribution in [0, 0.1) is 0 Å². The first-order valence-electron chi connectivity index (χ1n) is 7.97. The molecule has 0 saturated carbocycles. The van der Waals surface area contributed by atoms with Gasteiger partial charge in [0.05, 0.1) is 18.7 Å². The molecule has 0 unspecified atom stereocenters. The molecule has 0 bridgehead atoms. The van der Waals surface area contributed by atoms with Crippen molar-refractivity contribution in [3.8, 4) is 5.75 Å². The van der Waals surface area contributed by atoms with E-state index >= 15 is 0 Å². The van der Waals surface area contributed by atoms with Crippen molar-refractivity contribution in [1.82, 2.24) is 10.6 Å². The van der Waals surface area contributed by atoms with Crippen molar-refractivity contribution in [3.05, 3.63) is 69.8 Å². The van der Waals surface area contributed by atoms with Crippen LogP contribution in [-0.2, 0) is 4.79 Å². The van der Waals surface area contributed by atoms with Gasteiger partial charge >= 0.3 is 6.03 Å². The van der Waals surface area contributed by atoms with E-state index in [1.54, 1.807) is 38.3 Å². The highest BCUT2D eigenvalue weighted by atomic mass is 79.9. The first-order valence-corrected chi connectivity index (χ1v) is 8.76. The van der Waals surface area contributed by atoms with Crippen molar-refractivity contribution in [2.45, 2.75) is 13.0 Å². The number of amides is 3. The van der Waals surface area contributed by atoms with Crippen LogP contribution in [0.3, 0.4) is 0 Å². The van der Waals surface area contributed by atoms with Crippen LogP contribution in [0.4, 0.5) is 10.5 Å². The topological polar surface area (TPSA) is 79.5 Å². The fourth-order valence-electron chi connectivity index (χ4n) is 2.77. The first kappa shape index (κ1) is 18.0. The van der Waals surface area contributed by atoms with Crippen molar-refractivity contribution >= 4 is 33.6 Å². The molecule has 2 aromatic rings. The van der Waals surface area contributed by atoms with Crippen LogP contribution < -0.4 is 20.7 Å². The number of nitrogens with one attached hydrogen (secondary N) is 3. The Bertz CT molecular complexity index is 861. The van der Waals surface area contributed by atoms with Gasteiger partial charge in [-0.15, -0.1) is 0 Å². The average molecular weight is 416 g/mol. The maximum absolute atomic E-state index is 12.9. The summed E-state index contributed by atoms with van der Waals surface area (Å²) in [4.78, 5) is 24.8. The molecular formula is C19H18BrN3O3. The van der Waals surface area contributed by atoms with E-state index in [-0.39, 0.29) is 11.9 Å². The summed E-state index contributed by atoms with van der Waals surface area (Å²) in [7, 11) is 1.58. The Morgan fingerprint density at radius 2 is 1.77 bits per heavy atom. The third kappa shape index (κ3) is 3.88. The van der Waals surface area contributed by atoms with E-state index in [2.05, 4.69) is 31.9 Å². The maximum atomic E-state index is 12.9. The van der Waals surface area contributed by atoms with E-state index < -0.39 is 6.04 Å². The predicted molar refractivity (Wildman–Crippen MR) is 103 cm³/mol. The van der Waals surface area contributed by atoms with Crippen LogP contribution in [0.25, 0.3) is 0 Å². The average Bonchev–Trinajstić information content (AvgIpc) is 2.62. The van der Waals surface area contributed by atoms with Gasteiger partial charge in [-0.3, -0.25) is 4.79 Å². The quantitative estimate of drug-likeness (QED) is 0.711. The van der Waals surface area contributed by atoms with E-state index in [0.717, 1.165) is 10.0 Å². The Hall–Kier alpha value is -2.80. The monoisotopic (exact) mass is 415 g/mol. The van der Waals surface area contributed by atoms with Crippen LogP contribution in [0.2, 0.25) is 0 Å². The molecule has 0 spiro atoms. The second-order valence-corrected chi connectivity index (χ2v) is 6.72. The molecule has 3 N–H and O–H groups in total. The smallest absolute Gasteiger partial charge is 0.319 e. The normalized spacial score (nSPS) is 16.6. The van der Waals surface area contributed by atoms with Gasteiger partial charge in [-0.1, -0.05) is 28.1 Å². The Labute approximate surface area is 159 Å². The Morgan fingerprint density at radius 1 is 1.12 bits per heavy atom. The molecule has 2 aromatic carbocycles. The molecular weight excluding hydrogens is 398 g/mol. The fraction of sp³-hybridized carbons (Fsp3) is 0.158. The number of carbonyl (C=O) groups excluding carboxylic acids is 2. The third-order valence-electron chi connectivity index (χ3n) is 4.06. The lowest BCUT2D eigenvalue weighted by molar-refractivity contribution is -0.113. The standard InChI is InChI=1S/C19H18BrN3O3/c1-11-16(18(24)22-14-7-9-15(26-2)10-8-14)17(23-19(25)21-11)12-3-5-13(20)6-4-12/h3-10,17H,1-2H3,(H,22,24)(H2,21,23,25)/t17-/m0/s1. The molecule has 0 saturated heterocycles. The van der Waals surface area contributed by atoms with Gasteiger partial charge in [-0.2, -0.15) is 0 Å². The number of anilines is 1. The highest BCUT2D eigenvalue weighted by Gasteiger charge is 2.31. The second-order valence-electron chi connectivity index (χ2n) is 5.80. The Balaban J connectivity index is 1.89. The lowest BCUT2D eigenvalue weighted by atomic mass is 9.95. The van der Waals surface area contributed by atoms with Crippen molar-refractivity contribution < 1.29 is 14.3 Å². The molecule has 0 aromatic heterocycles. The largest absolute Gasteiger partial charge is 0.497 e. The number of methoxy groups -OCH3 is 1. The summed E-state index contributed by atoms with van der Waals surface area (Å²) in [6, 6.07) is 13.7. The van der Waals surface area contributed by atoms with Gasteiger partial charge in [0.15, 0.2) is 0 Å². The van der Waals surface area contributed by atoms with Crippen molar-refractivity contribution in [2.24, 2.45) is 0 Å². The fourth-order valence-corrected chi connectivity index (χ4v) is 3.04. The number of hydrogen-bond acceptors (Lipinski definition) is 3. The van der Waals surface area contributed by atoms with Crippen molar-refractivity contribution in [3.63, 3.8) is 0 Å². The molecule has 1 heterocycles. The molecule has 1 aliphatic rings. The zero-order valence-electron chi connectivity index (χ0n) is 14.3. The SMILES string of the molecule is COc1ccc(NC(=O)C2=C(C)NC(=O)N[C@H]2c2ccc(Br)cc2)cc1. The summed E-state index contributed by atoms with van der Waals surface area (Å²) in [5.41, 5.74) is 2.44. The van der Waals surface area contributed by atoms with Gasteiger partial charge < -0.3 is 20.7 Å². The number of ether oxygens (including phenoxy) is 1. The summed E-state index contributed by atoms with van der Waals surface area (Å²) in [5.74, 6) is 0.422. The summed E-state index contributed by atoms with van der Waals surface area (Å²) in [6.07, 6.45) is 0. The van der Waals surface area contributed by atoms with E-state index in [0.29, 0.717) is 22.7 Å². The van der Waals surface area contributed by atoms with Crippen LogP contribution >= 0.6 is 15.9 Å². The Morgan fingerprint density at radius 3 is 2.38 bits per heavy atom. The molecule has 0 fully saturated rings. The van der Waals surface area contributed by atoms with Gasteiger partial charge in [0.1, 0.15) is 5.75 Å². The highest BCUT2D eigenvalue weighted by Crippen LogP contribution is 2.29. The zero-order valence-corrected chi connectivity index (χ0v) is 15.9. The van der Waals surface area contributed by atoms with Crippen LogP contribution in [0.1, 0.15) is 18.5 Å². The minimum Gasteiger partial charge on any atom is -0.497 e. The number of hydrogen-bond donors (Lipinski definition) is 3. The summed E-state index contributed by atoms with van der Waals surface area (Å²) in [6.45, 7) is 1.72. The molecule has 3 amide bonds. The molecule has 7 heteroatoms. The molecule has 3 rings (SSSR count).